The van der Waals surface area contributed by atoms with E-state index >= 15 is 0 Å². The van der Waals surface area contributed by atoms with Gasteiger partial charge in [0.15, 0.2) is 5.34 Å². The molecule has 2 aromatic rings. The molecule has 0 N–H and O–H groups in total. The van der Waals surface area contributed by atoms with Crippen molar-refractivity contribution in [1.82, 2.24) is 0 Å². The third-order valence-electron chi connectivity index (χ3n) is 2.58. The summed E-state index contributed by atoms with van der Waals surface area (Å²) in [6.07, 6.45) is 0. The van der Waals surface area contributed by atoms with E-state index in [0.717, 1.165) is 0 Å². The van der Waals surface area contributed by atoms with Gasteiger partial charge in [-0.2, -0.15) is 3.89 Å². The van der Waals surface area contributed by atoms with Crippen molar-refractivity contribution in [3.63, 3.8) is 0 Å². The summed E-state index contributed by atoms with van der Waals surface area (Å²) >= 11 is -0.0678. The van der Waals surface area contributed by atoms with Crippen molar-refractivity contribution in [2.75, 3.05) is 0 Å². The molecule has 0 aliphatic heterocycles. The van der Waals surface area contributed by atoms with E-state index in [9.17, 15) is 8.79 Å². The van der Waals surface area contributed by atoms with E-state index in [1.54, 1.807) is 60.7 Å². The zero-order valence-corrected chi connectivity index (χ0v) is 10.1. The van der Waals surface area contributed by atoms with E-state index in [0.29, 0.717) is 11.1 Å². The largest absolute Gasteiger partial charge is 0.333 e. The second-order valence-corrected chi connectivity index (χ2v) is 4.32. The van der Waals surface area contributed by atoms with Crippen LogP contribution in [0, 0.1) is 4.91 Å². The number of nitrogens with zero attached hydrogens (tertiary/aromatic N) is 1. The van der Waals surface area contributed by atoms with Gasteiger partial charge in [-0.25, -0.2) is 0 Å². The molecule has 0 unspecified atom stereocenters. The topological polar surface area (TPSA) is 38.7 Å². The molecule has 0 saturated carbocycles. The van der Waals surface area contributed by atoms with Crippen LogP contribution in [-0.4, -0.2) is 0 Å². The highest BCUT2D eigenvalue weighted by atomic mass is 32.2. The molecule has 0 radical (unpaired) electrons. The summed E-state index contributed by atoms with van der Waals surface area (Å²) in [4.78, 5) is 13.7. The summed E-state index contributed by atoms with van der Waals surface area (Å²) in [5.41, 5.74) is 1.03. The van der Waals surface area contributed by atoms with Gasteiger partial charge in [0.25, 0.3) is 4.93 Å². The Labute approximate surface area is 108 Å². The maximum Gasteiger partial charge on any atom is 0.266 e. The van der Waals surface area contributed by atoms with Crippen molar-refractivity contribution in [3.05, 3.63) is 76.7 Å². The Kier molecular flexibility index (Phi) is 3.94. The van der Waals surface area contributed by atoms with Crippen LogP contribution in [0.3, 0.4) is 0 Å². The molecule has 0 amide bonds. The molecule has 2 rings (SSSR count). The molecular weight excluding hydrogens is 253 g/mol. The average molecular weight is 263 g/mol. The highest BCUT2D eigenvalue weighted by Gasteiger charge is 2.40. The Morgan fingerprint density at radius 1 is 0.944 bits per heavy atom. The van der Waals surface area contributed by atoms with Crippen LogP contribution in [0.1, 0.15) is 11.1 Å². The van der Waals surface area contributed by atoms with E-state index in [4.69, 9.17) is 4.84 Å². The van der Waals surface area contributed by atoms with Crippen LogP contribution in [0.2, 0.25) is 0 Å². The van der Waals surface area contributed by atoms with E-state index < -0.39 is 4.93 Å². The zero-order chi connectivity index (χ0) is 12.8. The number of rotatable bonds is 5. The minimum atomic E-state index is -1.55. The van der Waals surface area contributed by atoms with Crippen molar-refractivity contribution in [3.8, 4) is 0 Å². The Morgan fingerprint density at radius 2 is 1.39 bits per heavy atom. The van der Waals surface area contributed by atoms with Crippen LogP contribution in [0.5, 0.6) is 0 Å². The molecule has 0 heterocycles. The fourth-order valence-corrected chi connectivity index (χ4v) is 2.25. The molecule has 18 heavy (non-hydrogen) atoms. The third-order valence-corrected chi connectivity index (χ3v) is 3.35. The SMILES string of the molecule is O=NOC(SF)(c1ccccc1)c1ccccc1. The summed E-state index contributed by atoms with van der Waals surface area (Å²) in [6.45, 7) is 0. The summed E-state index contributed by atoms with van der Waals surface area (Å²) < 4.78 is 13.5. The lowest BCUT2D eigenvalue weighted by Crippen LogP contribution is -2.24. The summed E-state index contributed by atoms with van der Waals surface area (Å²) in [5.74, 6) is 0. The quantitative estimate of drug-likeness (QED) is 0.461. The summed E-state index contributed by atoms with van der Waals surface area (Å²) in [5, 5.41) is 2.42. The molecule has 0 bridgehead atoms. The van der Waals surface area contributed by atoms with E-state index in [1.807, 2.05) is 0 Å². The predicted molar refractivity (Wildman–Crippen MR) is 69.2 cm³/mol. The minimum absolute atomic E-state index is 0.0678. The molecule has 0 aliphatic carbocycles. The third kappa shape index (κ3) is 2.22. The van der Waals surface area contributed by atoms with E-state index in [2.05, 4.69) is 5.34 Å². The second kappa shape index (κ2) is 5.64. The first-order valence-corrected chi connectivity index (χ1v) is 5.97. The molecular formula is C13H10FNO2S. The van der Waals surface area contributed by atoms with Crippen molar-refractivity contribution in [2.24, 2.45) is 5.34 Å². The zero-order valence-electron chi connectivity index (χ0n) is 9.32. The number of hydrogen-bond donors (Lipinski definition) is 0. The van der Waals surface area contributed by atoms with Gasteiger partial charge in [0.1, 0.15) is 12.1 Å². The lowest BCUT2D eigenvalue weighted by atomic mass is 10.0. The molecule has 0 aliphatic rings. The summed E-state index contributed by atoms with van der Waals surface area (Å²) in [6, 6.07) is 17.3. The number of benzene rings is 2. The normalized spacial score (nSPS) is 10.9. The average Bonchev–Trinajstić information content (AvgIpc) is 2.47. The van der Waals surface area contributed by atoms with E-state index in [-0.39, 0.29) is 12.1 Å². The van der Waals surface area contributed by atoms with Gasteiger partial charge in [0.05, 0.1) is 0 Å². The van der Waals surface area contributed by atoms with Crippen LogP contribution in [-0.2, 0) is 9.77 Å². The maximum absolute atomic E-state index is 13.5. The summed E-state index contributed by atoms with van der Waals surface area (Å²) in [7, 11) is 0. The number of hydrogen-bond acceptors (Lipinski definition) is 4. The predicted octanol–water partition coefficient (Wildman–Crippen LogP) is 4.20. The lowest BCUT2D eigenvalue weighted by molar-refractivity contribution is 0.0521. The fraction of sp³-hybridized carbons (Fsp3) is 0.0769. The minimum Gasteiger partial charge on any atom is -0.333 e. The van der Waals surface area contributed by atoms with Crippen LogP contribution >= 0.6 is 12.1 Å². The molecule has 0 saturated heterocycles. The smallest absolute Gasteiger partial charge is 0.266 e. The van der Waals surface area contributed by atoms with Gasteiger partial charge >= 0.3 is 0 Å². The maximum atomic E-state index is 13.5. The van der Waals surface area contributed by atoms with Gasteiger partial charge in [0, 0.05) is 11.1 Å². The lowest BCUT2D eigenvalue weighted by Gasteiger charge is -2.26. The first-order chi connectivity index (χ1) is 8.83. The highest BCUT2D eigenvalue weighted by molar-refractivity contribution is 7.95. The number of halogens is 1. The van der Waals surface area contributed by atoms with Crippen LogP contribution < -0.4 is 0 Å². The molecule has 0 atom stereocenters. The van der Waals surface area contributed by atoms with Crippen molar-refractivity contribution >= 4 is 12.1 Å². The van der Waals surface area contributed by atoms with Crippen LogP contribution in [0.25, 0.3) is 0 Å². The standard InChI is InChI=1S/C13H10FNO2S/c14-18-13(17-15-16,11-7-3-1-4-8-11)12-9-5-2-6-10-12/h1-10H. The van der Waals surface area contributed by atoms with Crippen molar-refractivity contribution in [1.29, 1.82) is 0 Å². The van der Waals surface area contributed by atoms with Gasteiger partial charge in [-0.15, -0.1) is 4.91 Å². The van der Waals surface area contributed by atoms with Crippen LogP contribution in [0.15, 0.2) is 66.0 Å². The van der Waals surface area contributed by atoms with Gasteiger partial charge in [-0.05, 0) is 0 Å². The second-order valence-electron chi connectivity index (χ2n) is 3.59. The molecule has 5 heteroatoms. The fourth-order valence-electron chi connectivity index (χ4n) is 1.74. The molecule has 0 aromatic heterocycles. The first-order valence-electron chi connectivity index (χ1n) is 5.25. The van der Waals surface area contributed by atoms with Crippen LogP contribution in [0.4, 0.5) is 3.89 Å². The monoisotopic (exact) mass is 263 g/mol. The Morgan fingerprint density at radius 3 is 1.72 bits per heavy atom. The van der Waals surface area contributed by atoms with Crippen molar-refractivity contribution < 1.29 is 8.72 Å². The molecule has 0 spiro atoms. The Hall–Kier alpha value is -1.88. The Balaban J connectivity index is 2.57. The van der Waals surface area contributed by atoms with E-state index in [1.165, 1.54) is 0 Å². The first kappa shape index (κ1) is 12.6. The Bertz CT molecular complexity index is 467. The molecule has 2 aromatic carbocycles. The van der Waals surface area contributed by atoms with Gasteiger partial charge in [-0.3, -0.25) is 0 Å². The molecule has 92 valence electrons. The molecule has 0 fully saturated rings. The van der Waals surface area contributed by atoms with Gasteiger partial charge in [0.2, 0.25) is 0 Å². The van der Waals surface area contributed by atoms with Gasteiger partial charge in [-0.1, -0.05) is 60.7 Å². The van der Waals surface area contributed by atoms with Crippen molar-refractivity contribution in [2.45, 2.75) is 4.93 Å². The molecule has 3 nitrogen and oxygen atoms in total. The van der Waals surface area contributed by atoms with Gasteiger partial charge < -0.3 is 4.84 Å². The highest BCUT2D eigenvalue weighted by Crippen LogP contribution is 2.44.